The zero-order valence-corrected chi connectivity index (χ0v) is 8.84. The van der Waals surface area contributed by atoms with Gasteiger partial charge in [-0.1, -0.05) is 63.3 Å². The fourth-order valence-electron chi connectivity index (χ4n) is 1.33. The van der Waals surface area contributed by atoms with Gasteiger partial charge in [0, 0.05) is 0 Å². The second kappa shape index (κ2) is 7.60. The number of rotatable bonds is 6. The summed E-state index contributed by atoms with van der Waals surface area (Å²) in [5.41, 5.74) is 2.74. The summed E-state index contributed by atoms with van der Waals surface area (Å²) >= 11 is 0. The topological polar surface area (TPSA) is 0 Å². The molecular formula is C13H20. The maximum absolute atomic E-state index is 3.82. The normalized spacial score (nSPS) is 12.8. The van der Waals surface area contributed by atoms with Crippen LogP contribution in [0.5, 0.6) is 0 Å². The van der Waals surface area contributed by atoms with Gasteiger partial charge in [-0.15, -0.1) is 0 Å². The summed E-state index contributed by atoms with van der Waals surface area (Å²) in [6.07, 6.45) is 11.2. The first-order valence-corrected chi connectivity index (χ1v) is 4.93. The molecule has 0 aromatic rings. The smallest absolute Gasteiger partial charge is 0.0271 e. The Bertz CT molecular complexity index is 216. The molecule has 0 unspecified atom stereocenters. The van der Waals surface area contributed by atoms with E-state index in [1.807, 2.05) is 12.2 Å². The van der Waals surface area contributed by atoms with Crippen LogP contribution in [0.4, 0.5) is 0 Å². The molecule has 0 heterocycles. The third-order valence-electron chi connectivity index (χ3n) is 2.02. The maximum Gasteiger partial charge on any atom is -0.0271 e. The van der Waals surface area contributed by atoms with E-state index in [2.05, 4.69) is 33.1 Å². The summed E-state index contributed by atoms with van der Waals surface area (Å²) in [6.45, 7) is 11.9. The van der Waals surface area contributed by atoms with Crippen LogP contribution in [-0.2, 0) is 0 Å². The van der Waals surface area contributed by atoms with Crippen LogP contribution < -0.4 is 0 Å². The standard InChI is InChI=1S/C13H20/c1-5-9-11-13(8-4)12(7-3)10-6-2/h5,8-9,11H,1,4,6-7,10H2,2-3H3/b11-9-,13-12+. The highest BCUT2D eigenvalue weighted by atomic mass is 14.0. The summed E-state index contributed by atoms with van der Waals surface area (Å²) in [5, 5.41) is 0. The van der Waals surface area contributed by atoms with Crippen molar-refractivity contribution in [2.24, 2.45) is 0 Å². The first-order chi connectivity index (χ1) is 6.29. The van der Waals surface area contributed by atoms with E-state index >= 15 is 0 Å². The molecule has 0 fully saturated rings. The van der Waals surface area contributed by atoms with E-state index in [1.165, 1.54) is 24.0 Å². The van der Waals surface area contributed by atoms with Crippen LogP contribution in [-0.4, -0.2) is 0 Å². The molecular weight excluding hydrogens is 156 g/mol. The molecule has 0 heteroatoms. The Morgan fingerprint density at radius 1 is 1.23 bits per heavy atom. The van der Waals surface area contributed by atoms with E-state index in [1.54, 1.807) is 6.08 Å². The van der Waals surface area contributed by atoms with Crippen LogP contribution >= 0.6 is 0 Å². The predicted molar refractivity (Wildman–Crippen MR) is 61.8 cm³/mol. The average molecular weight is 176 g/mol. The van der Waals surface area contributed by atoms with E-state index in [0.717, 1.165) is 6.42 Å². The van der Waals surface area contributed by atoms with Crippen molar-refractivity contribution in [2.75, 3.05) is 0 Å². The van der Waals surface area contributed by atoms with Gasteiger partial charge < -0.3 is 0 Å². The molecule has 0 aliphatic carbocycles. The van der Waals surface area contributed by atoms with Crippen LogP contribution in [0.3, 0.4) is 0 Å². The first kappa shape index (κ1) is 12.0. The van der Waals surface area contributed by atoms with Gasteiger partial charge in [-0.25, -0.2) is 0 Å². The molecule has 0 aromatic heterocycles. The van der Waals surface area contributed by atoms with Crippen molar-refractivity contribution < 1.29 is 0 Å². The van der Waals surface area contributed by atoms with Crippen molar-refractivity contribution in [3.63, 3.8) is 0 Å². The van der Waals surface area contributed by atoms with Gasteiger partial charge in [0.05, 0.1) is 0 Å². The molecule has 0 N–H and O–H groups in total. The number of hydrogen-bond acceptors (Lipinski definition) is 0. The number of hydrogen-bond donors (Lipinski definition) is 0. The molecule has 72 valence electrons. The Kier molecular flexibility index (Phi) is 6.99. The summed E-state index contributed by atoms with van der Waals surface area (Å²) in [5.74, 6) is 0. The van der Waals surface area contributed by atoms with Gasteiger partial charge in [-0.05, 0) is 18.4 Å². The number of allylic oxidation sites excluding steroid dienone is 6. The fourth-order valence-corrected chi connectivity index (χ4v) is 1.33. The second-order valence-corrected chi connectivity index (χ2v) is 2.96. The molecule has 13 heavy (non-hydrogen) atoms. The highest BCUT2D eigenvalue weighted by molar-refractivity contribution is 5.35. The maximum atomic E-state index is 3.82. The minimum Gasteiger partial charge on any atom is -0.0991 e. The van der Waals surface area contributed by atoms with E-state index in [-0.39, 0.29) is 0 Å². The van der Waals surface area contributed by atoms with Crippen LogP contribution in [0.15, 0.2) is 48.6 Å². The van der Waals surface area contributed by atoms with Crippen molar-refractivity contribution in [1.29, 1.82) is 0 Å². The van der Waals surface area contributed by atoms with Gasteiger partial charge in [0.15, 0.2) is 0 Å². The van der Waals surface area contributed by atoms with Gasteiger partial charge in [0.25, 0.3) is 0 Å². The van der Waals surface area contributed by atoms with Crippen LogP contribution in [0.1, 0.15) is 33.1 Å². The molecule has 0 atom stereocenters. The summed E-state index contributed by atoms with van der Waals surface area (Å²) < 4.78 is 0. The van der Waals surface area contributed by atoms with Crippen molar-refractivity contribution in [2.45, 2.75) is 33.1 Å². The van der Waals surface area contributed by atoms with Gasteiger partial charge >= 0.3 is 0 Å². The Labute approximate surface area is 82.4 Å². The van der Waals surface area contributed by atoms with Crippen molar-refractivity contribution in [1.82, 2.24) is 0 Å². The Hall–Kier alpha value is -1.04. The lowest BCUT2D eigenvalue weighted by Gasteiger charge is -2.05. The largest absolute Gasteiger partial charge is 0.0991 e. The highest BCUT2D eigenvalue weighted by Gasteiger charge is 1.97. The molecule has 0 aliphatic heterocycles. The van der Waals surface area contributed by atoms with Gasteiger partial charge in [0.1, 0.15) is 0 Å². The van der Waals surface area contributed by atoms with Crippen LogP contribution in [0.25, 0.3) is 0 Å². The summed E-state index contributed by atoms with van der Waals surface area (Å²) in [6, 6.07) is 0. The zero-order valence-electron chi connectivity index (χ0n) is 8.84. The van der Waals surface area contributed by atoms with Crippen molar-refractivity contribution >= 4 is 0 Å². The molecule has 0 saturated carbocycles. The Morgan fingerprint density at radius 2 is 1.92 bits per heavy atom. The van der Waals surface area contributed by atoms with Gasteiger partial charge in [-0.3, -0.25) is 0 Å². The molecule has 0 amide bonds. The molecule has 0 nitrogen and oxygen atoms in total. The van der Waals surface area contributed by atoms with Crippen molar-refractivity contribution in [3.8, 4) is 0 Å². The van der Waals surface area contributed by atoms with E-state index < -0.39 is 0 Å². The lowest BCUT2D eigenvalue weighted by Crippen LogP contribution is -1.85. The van der Waals surface area contributed by atoms with E-state index in [4.69, 9.17) is 0 Å². The Morgan fingerprint density at radius 3 is 2.31 bits per heavy atom. The molecule has 0 bridgehead atoms. The van der Waals surface area contributed by atoms with E-state index in [0.29, 0.717) is 0 Å². The summed E-state index contributed by atoms with van der Waals surface area (Å²) in [4.78, 5) is 0. The van der Waals surface area contributed by atoms with Crippen molar-refractivity contribution in [3.05, 3.63) is 48.6 Å². The molecule has 0 aromatic carbocycles. The molecule has 0 rings (SSSR count). The third-order valence-corrected chi connectivity index (χ3v) is 2.02. The first-order valence-electron chi connectivity index (χ1n) is 4.93. The SMILES string of the molecule is C=C/C=C\C(C=C)=C(/CC)CCC. The molecule has 0 saturated heterocycles. The van der Waals surface area contributed by atoms with Gasteiger partial charge in [0.2, 0.25) is 0 Å². The lowest BCUT2D eigenvalue weighted by molar-refractivity contribution is 0.852. The fraction of sp³-hybridized carbons (Fsp3) is 0.385. The summed E-state index contributed by atoms with van der Waals surface area (Å²) in [7, 11) is 0. The monoisotopic (exact) mass is 176 g/mol. The minimum atomic E-state index is 1.11. The molecule has 0 spiro atoms. The Balaban J connectivity index is 4.69. The zero-order chi connectivity index (χ0) is 10.1. The van der Waals surface area contributed by atoms with E-state index in [9.17, 15) is 0 Å². The second-order valence-electron chi connectivity index (χ2n) is 2.96. The lowest BCUT2D eigenvalue weighted by atomic mass is 10.0. The molecule has 0 radical (unpaired) electrons. The van der Waals surface area contributed by atoms with Gasteiger partial charge in [-0.2, -0.15) is 0 Å². The predicted octanol–water partition coefficient (Wildman–Crippen LogP) is 4.42. The average Bonchev–Trinajstić information content (AvgIpc) is 2.17. The van der Waals surface area contributed by atoms with Crippen LogP contribution in [0, 0.1) is 0 Å². The quantitative estimate of drug-likeness (QED) is 0.525. The molecule has 0 aliphatic rings. The highest BCUT2D eigenvalue weighted by Crippen LogP contribution is 2.16. The minimum absolute atomic E-state index is 1.11. The third kappa shape index (κ3) is 4.51. The van der Waals surface area contributed by atoms with Crippen LogP contribution in [0.2, 0.25) is 0 Å².